The number of nitrogens with one attached hydrogen (secondary N) is 2. The lowest BCUT2D eigenvalue weighted by Crippen LogP contribution is -2.48. The Morgan fingerprint density at radius 2 is 1.86 bits per heavy atom. The first-order chi connectivity index (χ1) is 17.2. The molecule has 2 aromatic rings. The van der Waals surface area contributed by atoms with Crippen LogP contribution in [0.2, 0.25) is 5.02 Å². The van der Waals surface area contributed by atoms with Crippen LogP contribution in [0.3, 0.4) is 0 Å². The third-order valence-electron chi connectivity index (χ3n) is 5.59. The molecule has 0 spiro atoms. The lowest BCUT2D eigenvalue weighted by molar-refractivity contribution is -0.385. The Hall–Kier alpha value is -3.44. The Morgan fingerprint density at radius 3 is 2.47 bits per heavy atom. The Bertz CT molecular complexity index is 1150. The molecule has 12 heteroatoms. The first-order valence-electron chi connectivity index (χ1n) is 11.6. The van der Waals surface area contributed by atoms with Crippen molar-refractivity contribution in [3.8, 4) is 5.75 Å². The molecule has 0 aliphatic carbocycles. The molecule has 1 aliphatic heterocycles. The maximum absolute atomic E-state index is 12.6. The largest absolute Gasteiger partial charge is 0.487 e. The average Bonchev–Trinajstić information content (AvgIpc) is 2.84. The Balaban J connectivity index is 1.59. The number of nitro groups is 1. The molecule has 2 N–H and O–H groups in total. The van der Waals surface area contributed by atoms with Gasteiger partial charge in [-0.05, 0) is 55.9 Å². The van der Waals surface area contributed by atoms with E-state index in [1.807, 2.05) is 17.9 Å². The van der Waals surface area contributed by atoms with Crippen LogP contribution in [-0.2, 0) is 4.79 Å². The van der Waals surface area contributed by atoms with Gasteiger partial charge < -0.3 is 19.9 Å². The van der Waals surface area contributed by atoms with E-state index in [0.717, 1.165) is 18.2 Å². The summed E-state index contributed by atoms with van der Waals surface area (Å²) in [4.78, 5) is 39.4. The van der Waals surface area contributed by atoms with Gasteiger partial charge >= 0.3 is 5.69 Å². The number of carbonyl (C=O) groups is 2. The number of anilines is 2. The van der Waals surface area contributed by atoms with Gasteiger partial charge in [-0.1, -0.05) is 18.5 Å². The van der Waals surface area contributed by atoms with Gasteiger partial charge in [-0.2, -0.15) is 0 Å². The molecule has 3 rings (SSSR count). The zero-order chi connectivity index (χ0) is 26.2. The van der Waals surface area contributed by atoms with Gasteiger partial charge in [0.25, 0.3) is 5.91 Å². The van der Waals surface area contributed by atoms with Crippen LogP contribution in [0.5, 0.6) is 5.75 Å². The summed E-state index contributed by atoms with van der Waals surface area (Å²) in [5.41, 5.74) is 1.19. The summed E-state index contributed by atoms with van der Waals surface area (Å²) in [5.74, 6) is -0.335. The number of carbonyl (C=O) groups excluding carboxylic acids is 2. The third-order valence-corrected chi connectivity index (χ3v) is 6.09. The van der Waals surface area contributed by atoms with Crippen LogP contribution >= 0.6 is 23.8 Å². The first kappa shape index (κ1) is 27.2. The van der Waals surface area contributed by atoms with Crippen molar-refractivity contribution in [1.82, 2.24) is 10.2 Å². The Morgan fingerprint density at radius 1 is 1.14 bits per heavy atom. The van der Waals surface area contributed by atoms with Crippen LogP contribution in [0.1, 0.15) is 37.0 Å². The summed E-state index contributed by atoms with van der Waals surface area (Å²) in [6.45, 7) is 6.63. The molecule has 1 heterocycles. The van der Waals surface area contributed by atoms with Crippen molar-refractivity contribution in [3.63, 3.8) is 0 Å². The number of ether oxygens (including phenoxy) is 1. The van der Waals surface area contributed by atoms with Crippen molar-refractivity contribution in [2.75, 3.05) is 43.0 Å². The van der Waals surface area contributed by atoms with Crippen LogP contribution in [0, 0.1) is 10.1 Å². The molecular weight excluding hydrogens is 506 g/mol. The minimum absolute atomic E-state index is 0.0170. The fourth-order valence-electron chi connectivity index (χ4n) is 3.83. The molecule has 2 aromatic carbocycles. The number of piperazine rings is 1. The number of thiocarbonyl (C=S) groups is 1. The zero-order valence-electron chi connectivity index (χ0n) is 20.1. The molecule has 0 unspecified atom stereocenters. The van der Waals surface area contributed by atoms with Gasteiger partial charge in [0, 0.05) is 49.9 Å². The highest BCUT2D eigenvalue weighted by Crippen LogP contribution is 2.30. The van der Waals surface area contributed by atoms with Crippen LogP contribution in [0.4, 0.5) is 17.1 Å². The van der Waals surface area contributed by atoms with Crippen LogP contribution in [0.15, 0.2) is 36.4 Å². The zero-order valence-corrected chi connectivity index (χ0v) is 21.7. The average molecular weight is 534 g/mol. The van der Waals surface area contributed by atoms with E-state index in [-0.39, 0.29) is 34.6 Å². The molecule has 0 bridgehead atoms. The quantitative estimate of drug-likeness (QED) is 0.294. The van der Waals surface area contributed by atoms with Gasteiger partial charge in [-0.3, -0.25) is 25.0 Å². The standard InChI is InChI=1S/C24H28ClN5O5S/c1-3-5-22(31)29-12-10-28(11-13-29)19-8-7-17(15-18(19)25)26-24(36)27-23(32)16-6-9-21(35-4-2)20(14-16)30(33)34/h6-9,14-15H,3-5,10-13H2,1-2H3,(H2,26,27,32,36). The maximum atomic E-state index is 12.6. The maximum Gasteiger partial charge on any atom is 0.311 e. The summed E-state index contributed by atoms with van der Waals surface area (Å²) in [7, 11) is 0. The number of rotatable bonds is 8. The summed E-state index contributed by atoms with van der Waals surface area (Å²) in [6, 6.07) is 9.29. The fraction of sp³-hybridized carbons (Fsp3) is 0.375. The van der Waals surface area contributed by atoms with E-state index in [9.17, 15) is 19.7 Å². The van der Waals surface area contributed by atoms with E-state index in [1.165, 1.54) is 12.1 Å². The number of benzene rings is 2. The molecule has 2 amide bonds. The fourth-order valence-corrected chi connectivity index (χ4v) is 4.34. The van der Waals surface area contributed by atoms with Gasteiger partial charge in [0.2, 0.25) is 5.91 Å². The summed E-state index contributed by atoms with van der Waals surface area (Å²) >= 11 is 11.7. The van der Waals surface area contributed by atoms with E-state index in [2.05, 4.69) is 15.5 Å². The Labute approximate surface area is 219 Å². The Kier molecular flexibility index (Phi) is 9.43. The molecule has 1 saturated heterocycles. The topological polar surface area (TPSA) is 117 Å². The normalized spacial score (nSPS) is 13.2. The van der Waals surface area contributed by atoms with Crippen molar-refractivity contribution in [2.45, 2.75) is 26.7 Å². The molecule has 0 atom stereocenters. The van der Waals surface area contributed by atoms with E-state index < -0.39 is 10.8 Å². The molecule has 1 aliphatic rings. The molecule has 10 nitrogen and oxygen atoms in total. The van der Waals surface area contributed by atoms with E-state index in [0.29, 0.717) is 43.3 Å². The van der Waals surface area contributed by atoms with E-state index in [1.54, 1.807) is 19.1 Å². The SMILES string of the molecule is CCCC(=O)N1CCN(c2ccc(NC(=S)NC(=O)c3ccc(OCC)c([N+](=O)[O-])c3)cc2Cl)CC1. The lowest BCUT2D eigenvalue weighted by atomic mass is 10.1. The van der Waals surface area contributed by atoms with Gasteiger partial charge in [0.05, 0.1) is 22.2 Å². The van der Waals surface area contributed by atoms with Crippen LogP contribution in [0.25, 0.3) is 0 Å². The number of amides is 2. The van der Waals surface area contributed by atoms with Crippen molar-refractivity contribution in [3.05, 3.63) is 57.1 Å². The highest BCUT2D eigenvalue weighted by molar-refractivity contribution is 7.80. The summed E-state index contributed by atoms with van der Waals surface area (Å²) in [5, 5.41) is 17.2. The van der Waals surface area contributed by atoms with E-state index in [4.69, 9.17) is 28.6 Å². The van der Waals surface area contributed by atoms with Gasteiger partial charge in [0.1, 0.15) is 0 Å². The van der Waals surface area contributed by atoms with Crippen molar-refractivity contribution in [1.29, 1.82) is 0 Å². The molecule has 0 radical (unpaired) electrons. The lowest BCUT2D eigenvalue weighted by Gasteiger charge is -2.36. The summed E-state index contributed by atoms with van der Waals surface area (Å²) < 4.78 is 5.24. The first-order valence-corrected chi connectivity index (χ1v) is 12.4. The summed E-state index contributed by atoms with van der Waals surface area (Å²) in [6.07, 6.45) is 1.40. The second-order valence-corrected chi connectivity index (χ2v) is 8.88. The van der Waals surface area contributed by atoms with Crippen LogP contribution in [-0.4, -0.2) is 59.5 Å². The van der Waals surface area contributed by atoms with Gasteiger partial charge in [-0.25, -0.2) is 0 Å². The van der Waals surface area contributed by atoms with E-state index >= 15 is 0 Å². The van der Waals surface area contributed by atoms with Crippen LogP contribution < -0.4 is 20.3 Å². The number of hydrogen-bond donors (Lipinski definition) is 2. The number of nitrogens with zero attached hydrogens (tertiary/aromatic N) is 3. The number of nitro benzene ring substituents is 1. The van der Waals surface area contributed by atoms with Crippen molar-refractivity contribution < 1.29 is 19.2 Å². The van der Waals surface area contributed by atoms with Gasteiger partial charge in [0.15, 0.2) is 10.9 Å². The van der Waals surface area contributed by atoms with Crippen molar-refractivity contribution >= 4 is 57.8 Å². The highest BCUT2D eigenvalue weighted by atomic mass is 35.5. The molecule has 1 fully saturated rings. The second-order valence-electron chi connectivity index (χ2n) is 8.06. The minimum atomic E-state index is -0.606. The molecule has 0 saturated carbocycles. The molecule has 36 heavy (non-hydrogen) atoms. The second kappa shape index (κ2) is 12.5. The predicted molar refractivity (Wildman–Crippen MR) is 143 cm³/mol. The molecule has 192 valence electrons. The highest BCUT2D eigenvalue weighted by Gasteiger charge is 2.22. The number of hydrogen-bond acceptors (Lipinski definition) is 7. The van der Waals surface area contributed by atoms with Crippen molar-refractivity contribution in [2.24, 2.45) is 0 Å². The van der Waals surface area contributed by atoms with Gasteiger partial charge in [-0.15, -0.1) is 0 Å². The molecular formula is C24H28ClN5O5S. The number of halogens is 1. The minimum Gasteiger partial charge on any atom is -0.487 e. The monoisotopic (exact) mass is 533 g/mol. The molecule has 0 aromatic heterocycles. The predicted octanol–water partition coefficient (Wildman–Crippen LogP) is 4.22. The smallest absolute Gasteiger partial charge is 0.311 e. The third kappa shape index (κ3) is 6.82.